The molecule has 0 rings (SSSR count). The Balaban J connectivity index is 4.42. The first-order valence-corrected chi connectivity index (χ1v) is 6.31. The Morgan fingerprint density at radius 2 is 1.39 bits per heavy atom. The summed E-state index contributed by atoms with van der Waals surface area (Å²) in [6, 6.07) is 0. The van der Waals surface area contributed by atoms with Gasteiger partial charge in [-0.3, -0.25) is 9.59 Å². The van der Waals surface area contributed by atoms with E-state index in [0.29, 0.717) is 6.61 Å². The van der Waals surface area contributed by atoms with E-state index >= 15 is 0 Å². The van der Waals surface area contributed by atoms with Gasteiger partial charge in [0.2, 0.25) is 0 Å². The molecule has 0 atom stereocenters. The molecule has 0 heterocycles. The van der Waals surface area contributed by atoms with Crippen molar-refractivity contribution in [1.82, 2.24) is 0 Å². The minimum absolute atomic E-state index is 0.117. The Bertz CT molecular complexity index is 297. The summed E-state index contributed by atoms with van der Waals surface area (Å²) in [6.07, 6.45) is 0. The van der Waals surface area contributed by atoms with Crippen molar-refractivity contribution in [2.24, 2.45) is 16.7 Å². The van der Waals surface area contributed by atoms with Crippen LogP contribution in [0.4, 0.5) is 0 Å². The van der Waals surface area contributed by atoms with E-state index in [4.69, 9.17) is 9.47 Å². The molecule has 0 aliphatic carbocycles. The van der Waals surface area contributed by atoms with Crippen molar-refractivity contribution in [3.8, 4) is 0 Å². The molecule has 0 aromatic carbocycles. The molecule has 0 saturated heterocycles. The average Bonchev–Trinajstić information content (AvgIpc) is 2.20. The molecule has 0 aromatic rings. The van der Waals surface area contributed by atoms with Crippen molar-refractivity contribution >= 4 is 11.9 Å². The Kier molecular flexibility index (Phi) is 5.84. The van der Waals surface area contributed by atoms with Crippen molar-refractivity contribution in [3.63, 3.8) is 0 Å². The fraction of sp³-hybridized carbons (Fsp3) is 0.857. The third kappa shape index (κ3) is 6.03. The largest absolute Gasteiger partial charge is 0.465 e. The molecule has 0 aliphatic rings. The van der Waals surface area contributed by atoms with E-state index in [1.54, 1.807) is 0 Å². The van der Waals surface area contributed by atoms with Crippen LogP contribution in [0, 0.1) is 16.7 Å². The van der Waals surface area contributed by atoms with Crippen molar-refractivity contribution in [2.45, 2.75) is 48.5 Å². The summed E-state index contributed by atoms with van der Waals surface area (Å²) >= 11 is 0. The molecule has 18 heavy (non-hydrogen) atoms. The molecule has 0 aliphatic heterocycles. The first kappa shape index (κ1) is 16.9. The minimum Gasteiger partial charge on any atom is -0.465 e. The predicted molar refractivity (Wildman–Crippen MR) is 70.0 cm³/mol. The molecule has 4 heteroatoms. The maximum absolute atomic E-state index is 11.9. The van der Waals surface area contributed by atoms with E-state index in [-0.39, 0.29) is 17.9 Å². The second kappa shape index (κ2) is 6.21. The Morgan fingerprint density at radius 3 is 1.78 bits per heavy atom. The standard InChI is InChI=1S/C14H26O4/c1-10(2)8-17-11(15)14(6,7)12(16)18-9-13(3,4)5/h10H,8-9H2,1-7H3. The summed E-state index contributed by atoms with van der Waals surface area (Å²) < 4.78 is 10.2. The Labute approximate surface area is 110 Å². The van der Waals surface area contributed by atoms with Gasteiger partial charge < -0.3 is 9.47 Å². The van der Waals surface area contributed by atoms with Gasteiger partial charge in [-0.1, -0.05) is 34.6 Å². The Hall–Kier alpha value is -1.06. The van der Waals surface area contributed by atoms with Crippen LogP contribution in [0.3, 0.4) is 0 Å². The molecule has 106 valence electrons. The smallest absolute Gasteiger partial charge is 0.322 e. The minimum atomic E-state index is -1.25. The van der Waals surface area contributed by atoms with E-state index in [2.05, 4.69) is 0 Å². The van der Waals surface area contributed by atoms with Crippen LogP contribution in [0.5, 0.6) is 0 Å². The number of carbonyl (C=O) groups excluding carboxylic acids is 2. The van der Waals surface area contributed by atoms with Crippen LogP contribution >= 0.6 is 0 Å². The molecule has 0 saturated carbocycles. The first-order valence-electron chi connectivity index (χ1n) is 6.31. The lowest BCUT2D eigenvalue weighted by molar-refractivity contribution is -0.172. The van der Waals surface area contributed by atoms with Gasteiger partial charge in [-0.15, -0.1) is 0 Å². The second-order valence-corrected chi connectivity index (χ2v) is 6.75. The summed E-state index contributed by atoms with van der Waals surface area (Å²) in [5.74, 6) is -0.823. The zero-order valence-corrected chi connectivity index (χ0v) is 12.6. The van der Waals surface area contributed by atoms with Crippen LogP contribution in [-0.4, -0.2) is 25.2 Å². The van der Waals surface area contributed by atoms with Gasteiger partial charge in [0.05, 0.1) is 13.2 Å². The van der Waals surface area contributed by atoms with Crippen molar-refractivity contribution in [3.05, 3.63) is 0 Å². The fourth-order valence-corrected chi connectivity index (χ4v) is 0.969. The molecule has 0 bridgehead atoms. The van der Waals surface area contributed by atoms with E-state index in [1.807, 2.05) is 34.6 Å². The molecule has 0 fully saturated rings. The zero-order valence-electron chi connectivity index (χ0n) is 12.6. The number of esters is 2. The fourth-order valence-electron chi connectivity index (χ4n) is 0.969. The normalized spacial score (nSPS) is 12.4. The molecule has 4 nitrogen and oxygen atoms in total. The summed E-state index contributed by atoms with van der Waals surface area (Å²) in [4.78, 5) is 23.7. The van der Waals surface area contributed by atoms with Crippen LogP contribution in [-0.2, 0) is 19.1 Å². The summed E-state index contributed by atoms with van der Waals surface area (Å²) in [7, 11) is 0. The van der Waals surface area contributed by atoms with E-state index in [0.717, 1.165) is 0 Å². The molecule has 0 amide bonds. The predicted octanol–water partition coefficient (Wildman–Crippen LogP) is 2.80. The highest BCUT2D eigenvalue weighted by Gasteiger charge is 2.40. The summed E-state index contributed by atoms with van der Waals surface area (Å²) in [6.45, 7) is 13.4. The van der Waals surface area contributed by atoms with Crippen molar-refractivity contribution in [2.75, 3.05) is 13.2 Å². The van der Waals surface area contributed by atoms with Crippen molar-refractivity contribution in [1.29, 1.82) is 0 Å². The van der Waals surface area contributed by atoms with Crippen molar-refractivity contribution < 1.29 is 19.1 Å². The number of ether oxygens (including phenoxy) is 2. The number of hydrogen-bond acceptors (Lipinski definition) is 4. The van der Waals surface area contributed by atoms with Gasteiger partial charge in [0.1, 0.15) is 0 Å². The highest BCUT2D eigenvalue weighted by molar-refractivity contribution is 5.99. The van der Waals surface area contributed by atoms with Gasteiger partial charge in [-0.2, -0.15) is 0 Å². The molecule has 0 aromatic heterocycles. The molecular weight excluding hydrogens is 232 g/mol. The number of rotatable bonds is 5. The summed E-state index contributed by atoms with van der Waals surface area (Å²) in [5.41, 5.74) is -1.37. The lowest BCUT2D eigenvalue weighted by atomic mass is 9.93. The zero-order chi connectivity index (χ0) is 14.6. The lowest BCUT2D eigenvalue weighted by Gasteiger charge is -2.24. The molecule has 0 spiro atoms. The van der Waals surface area contributed by atoms with Gasteiger partial charge in [0, 0.05) is 0 Å². The number of carbonyl (C=O) groups is 2. The van der Waals surface area contributed by atoms with E-state index in [9.17, 15) is 9.59 Å². The third-order valence-corrected chi connectivity index (χ3v) is 2.20. The lowest BCUT2D eigenvalue weighted by Crippen LogP contribution is -2.38. The maximum atomic E-state index is 11.9. The van der Waals surface area contributed by atoms with Gasteiger partial charge in [0.15, 0.2) is 5.41 Å². The Morgan fingerprint density at radius 1 is 0.944 bits per heavy atom. The quantitative estimate of drug-likeness (QED) is 0.562. The molecule has 0 unspecified atom stereocenters. The van der Waals surface area contributed by atoms with E-state index < -0.39 is 17.4 Å². The third-order valence-electron chi connectivity index (χ3n) is 2.20. The van der Waals surface area contributed by atoms with Gasteiger partial charge in [0.25, 0.3) is 0 Å². The van der Waals surface area contributed by atoms with Gasteiger partial charge in [-0.25, -0.2) is 0 Å². The van der Waals surface area contributed by atoms with Crippen LogP contribution in [0.25, 0.3) is 0 Å². The summed E-state index contributed by atoms with van der Waals surface area (Å²) in [5, 5.41) is 0. The molecular formula is C14H26O4. The van der Waals surface area contributed by atoms with Gasteiger partial charge in [-0.05, 0) is 25.2 Å². The highest BCUT2D eigenvalue weighted by Crippen LogP contribution is 2.22. The topological polar surface area (TPSA) is 52.6 Å². The van der Waals surface area contributed by atoms with E-state index in [1.165, 1.54) is 13.8 Å². The van der Waals surface area contributed by atoms with Gasteiger partial charge >= 0.3 is 11.9 Å². The van der Waals surface area contributed by atoms with Crippen LogP contribution in [0.1, 0.15) is 48.5 Å². The average molecular weight is 258 g/mol. The highest BCUT2D eigenvalue weighted by atomic mass is 16.6. The molecule has 0 N–H and O–H groups in total. The SMILES string of the molecule is CC(C)COC(=O)C(C)(C)C(=O)OCC(C)(C)C. The van der Waals surface area contributed by atoms with Crippen LogP contribution < -0.4 is 0 Å². The first-order chi connectivity index (χ1) is 7.97. The second-order valence-electron chi connectivity index (χ2n) is 6.75. The monoisotopic (exact) mass is 258 g/mol. The number of hydrogen-bond donors (Lipinski definition) is 0. The molecule has 0 radical (unpaired) electrons. The van der Waals surface area contributed by atoms with Crippen LogP contribution in [0.15, 0.2) is 0 Å². The maximum Gasteiger partial charge on any atom is 0.322 e. The van der Waals surface area contributed by atoms with Crippen LogP contribution in [0.2, 0.25) is 0 Å².